The van der Waals surface area contributed by atoms with Crippen LogP contribution in [0.4, 0.5) is 0 Å². The van der Waals surface area contributed by atoms with Gasteiger partial charge in [0.05, 0.1) is 16.6 Å². The lowest BCUT2D eigenvalue weighted by Crippen LogP contribution is -2.41. The van der Waals surface area contributed by atoms with Crippen LogP contribution in [0.2, 0.25) is 0 Å². The van der Waals surface area contributed by atoms with Crippen molar-refractivity contribution in [3.05, 3.63) is 167 Å². The molecule has 11 rings (SSSR count). The molecule has 52 heavy (non-hydrogen) atoms. The normalized spacial score (nSPS) is 20.6. The lowest BCUT2D eigenvalue weighted by molar-refractivity contribution is 0.00578. The van der Waals surface area contributed by atoms with Gasteiger partial charge in [-0.3, -0.25) is 0 Å². The summed E-state index contributed by atoms with van der Waals surface area (Å²) in [6, 6.07) is 48.0. The van der Waals surface area contributed by atoms with Gasteiger partial charge in [-0.25, -0.2) is 0 Å². The van der Waals surface area contributed by atoms with Gasteiger partial charge in [-0.1, -0.05) is 127 Å². The smallest absolute Gasteiger partial charge is 0.399 e. The molecule has 3 aliphatic carbocycles. The summed E-state index contributed by atoms with van der Waals surface area (Å²) in [6.07, 6.45) is 6.99. The van der Waals surface area contributed by atoms with Crippen LogP contribution in [0, 0.1) is 0 Å². The summed E-state index contributed by atoms with van der Waals surface area (Å²) < 4.78 is 13.3. The highest BCUT2D eigenvalue weighted by Gasteiger charge is 2.53. The fourth-order valence-corrected chi connectivity index (χ4v) is 9.93. The van der Waals surface area contributed by atoms with E-state index in [0.717, 1.165) is 18.3 Å². The van der Waals surface area contributed by atoms with Crippen molar-refractivity contribution >= 4 is 50.5 Å². The molecule has 1 heterocycles. The van der Waals surface area contributed by atoms with Crippen molar-refractivity contribution in [2.45, 2.75) is 57.2 Å². The van der Waals surface area contributed by atoms with E-state index in [1.54, 1.807) is 0 Å². The van der Waals surface area contributed by atoms with Gasteiger partial charge in [0.15, 0.2) is 0 Å². The second-order valence-corrected chi connectivity index (χ2v) is 16.1. The molecule has 3 heteroatoms. The molecule has 1 unspecified atom stereocenters. The Labute approximate surface area is 305 Å². The molecule has 0 N–H and O–H groups in total. The van der Waals surface area contributed by atoms with Gasteiger partial charge in [-0.05, 0) is 146 Å². The van der Waals surface area contributed by atoms with E-state index in [0.29, 0.717) is 0 Å². The van der Waals surface area contributed by atoms with E-state index in [-0.39, 0.29) is 5.41 Å². The van der Waals surface area contributed by atoms with Crippen molar-refractivity contribution < 1.29 is 9.31 Å². The van der Waals surface area contributed by atoms with Crippen LogP contribution in [-0.2, 0) is 14.7 Å². The number of allylic oxidation sites excluding steroid dienone is 4. The maximum absolute atomic E-state index is 6.66. The Bertz CT molecular complexity index is 2750. The molecule has 1 saturated heterocycles. The molecular formula is C49H39BO2. The van der Waals surface area contributed by atoms with Crippen LogP contribution in [0.3, 0.4) is 0 Å². The first kappa shape index (κ1) is 30.4. The first-order chi connectivity index (χ1) is 25.3. The highest BCUT2D eigenvalue weighted by Crippen LogP contribution is 2.63. The first-order valence-electron chi connectivity index (χ1n) is 18.8. The molecule has 0 saturated carbocycles. The van der Waals surface area contributed by atoms with Crippen molar-refractivity contribution in [2.24, 2.45) is 0 Å². The zero-order chi connectivity index (χ0) is 35.0. The minimum Gasteiger partial charge on any atom is -0.399 e. The van der Waals surface area contributed by atoms with Gasteiger partial charge in [0, 0.05) is 0 Å². The molecule has 1 fully saturated rings. The Morgan fingerprint density at radius 2 is 1.12 bits per heavy atom. The van der Waals surface area contributed by atoms with Gasteiger partial charge >= 0.3 is 7.12 Å². The average molecular weight is 671 g/mol. The van der Waals surface area contributed by atoms with Gasteiger partial charge in [-0.15, -0.1) is 0 Å². The Kier molecular flexibility index (Phi) is 6.11. The summed E-state index contributed by atoms with van der Waals surface area (Å²) in [5.41, 5.74) is 13.6. The third-order valence-electron chi connectivity index (χ3n) is 13.0. The molecule has 7 aromatic rings. The van der Waals surface area contributed by atoms with Crippen LogP contribution in [0.5, 0.6) is 0 Å². The zero-order valence-corrected chi connectivity index (χ0v) is 30.1. The van der Waals surface area contributed by atoms with E-state index in [4.69, 9.17) is 9.31 Å². The van der Waals surface area contributed by atoms with Crippen LogP contribution in [0.15, 0.2) is 145 Å². The second kappa shape index (κ2) is 10.4. The number of benzene rings is 7. The van der Waals surface area contributed by atoms with Crippen LogP contribution in [0.25, 0.3) is 60.1 Å². The van der Waals surface area contributed by atoms with Crippen molar-refractivity contribution in [3.8, 4) is 22.3 Å². The predicted octanol–water partition coefficient (Wildman–Crippen LogP) is 11.5. The Hall–Kier alpha value is -5.22. The SMILES string of the molecule is CC1(C)OB(c2cccc3c4cc(-c5ccc6c(c5)C5(C7=C(CCC=C7)c7ccccc75)c5ccccc5-6)ccc4c4ccccc4c23)OC1(C)C. The molecule has 0 aromatic heterocycles. The van der Waals surface area contributed by atoms with E-state index in [2.05, 4.69) is 167 Å². The summed E-state index contributed by atoms with van der Waals surface area (Å²) >= 11 is 0. The van der Waals surface area contributed by atoms with Gasteiger partial charge in [-0.2, -0.15) is 0 Å². The summed E-state index contributed by atoms with van der Waals surface area (Å²) in [5.74, 6) is 0. The van der Waals surface area contributed by atoms with E-state index in [1.807, 2.05) is 0 Å². The molecule has 4 aliphatic rings. The molecule has 7 aromatic carbocycles. The molecule has 0 radical (unpaired) electrons. The average Bonchev–Trinajstić information content (AvgIpc) is 3.73. The lowest BCUT2D eigenvalue weighted by Gasteiger charge is -2.32. The molecule has 0 bridgehead atoms. The van der Waals surface area contributed by atoms with Gasteiger partial charge in [0.25, 0.3) is 0 Å². The van der Waals surface area contributed by atoms with Gasteiger partial charge < -0.3 is 9.31 Å². The fourth-order valence-electron chi connectivity index (χ4n) is 9.93. The highest BCUT2D eigenvalue weighted by atomic mass is 16.7. The maximum Gasteiger partial charge on any atom is 0.495 e. The molecule has 0 amide bonds. The minimum absolute atomic E-state index is 0.317. The van der Waals surface area contributed by atoms with Crippen molar-refractivity contribution in [1.29, 1.82) is 0 Å². The first-order valence-corrected chi connectivity index (χ1v) is 18.8. The third kappa shape index (κ3) is 3.83. The molecular weight excluding hydrogens is 631 g/mol. The quantitative estimate of drug-likeness (QED) is 0.135. The largest absolute Gasteiger partial charge is 0.495 e. The topological polar surface area (TPSA) is 18.5 Å². The van der Waals surface area contributed by atoms with E-state index in [1.165, 1.54) is 88.0 Å². The lowest BCUT2D eigenvalue weighted by atomic mass is 9.68. The third-order valence-corrected chi connectivity index (χ3v) is 13.0. The van der Waals surface area contributed by atoms with Gasteiger partial charge in [0.1, 0.15) is 0 Å². The zero-order valence-electron chi connectivity index (χ0n) is 30.1. The summed E-state index contributed by atoms with van der Waals surface area (Å²) in [7, 11) is -0.449. The maximum atomic E-state index is 6.66. The minimum atomic E-state index is -0.449. The molecule has 250 valence electrons. The predicted molar refractivity (Wildman–Crippen MR) is 217 cm³/mol. The number of rotatable bonds is 2. The summed E-state index contributed by atoms with van der Waals surface area (Å²) in [4.78, 5) is 0. The standard InChI is InChI=1S/C49H39BO2/c1-47(2)48(3,4)52-50(51-47)45-23-13-19-39-40-28-30(24-26-33(40)32-14-5-6-18-38(32)46(39)45)31-25-27-37-36-17-9-12-22-43(36)49(44(37)29-31)41-20-10-7-15-34(41)35-16-8-11-21-42(35)49/h5-7,9-15,17-29H,8,16H2,1-4H3. The Balaban J connectivity index is 1.15. The van der Waals surface area contributed by atoms with Crippen LogP contribution < -0.4 is 5.46 Å². The molecule has 1 aliphatic heterocycles. The second-order valence-electron chi connectivity index (χ2n) is 16.1. The van der Waals surface area contributed by atoms with Gasteiger partial charge in [0.2, 0.25) is 0 Å². The monoisotopic (exact) mass is 670 g/mol. The number of hydrogen-bond acceptors (Lipinski definition) is 2. The highest BCUT2D eigenvalue weighted by molar-refractivity contribution is 6.66. The number of hydrogen-bond donors (Lipinski definition) is 0. The van der Waals surface area contributed by atoms with E-state index in [9.17, 15) is 0 Å². The van der Waals surface area contributed by atoms with Crippen LogP contribution >= 0.6 is 0 Å². The Morgan fingerprint density at radius 1 is 0.519 bits per heavy atom. The Morgan fingerprint density at radius 3 is 1.92 bits per heavy atom. The van der Waals surface area contributed by atoms with Crippen molar-refractivity contribution in [2.75, 3.05) is 0 Å². The summed E-state index contributed by atoms with van der Waals surface area (Å²) in [6.45, 7) is 8.51. The fraction of sp³-hybridized carbons (Fsp3) is 0.184. The van der Waals surface area contributed by atoms with Crippen molar-refractivity contribution in [1.82, 2.24) is 0 Å². The van der Waals surface area contributed by atoms with Crippen molar-refractivity contribution in [3.63, 3.8) is 0 Å². The van der Waals surface area contributed by atoms with E-state index < -0.39 is 18.3 Å². The van der Waals surface area contributed by atoms with Crippen LogP contribution in [0.1, 0.15) is 62.8 Å². The summed E-state index contributed by atoms with van der Waals surface area (Å²) in [5, 5.41) is 7.40. The van der Waals surface area contributed by atoms with Crippen LogP contribution in [-0.4, -0.2) is 18.3 Å². The molecule has 1 atom stereocenters. The molecule has 1 spiro atoms. The van der Waals surface area contributed by atoms with E-state index >= 15 is 0 Å². The number of fused-ring (bicyclic) bond motifs is 15. The molecule has 2 nitrogen and oxygen atoms in total.